The van der Waals surface area contributed by atoms with Crippen LogP contribution in [0, 0.1) is 0 Å². The molecule has 0 bridgehead atoms. The number of benzene rings is 1. The lowest BCUT2D eigenvalue weighted by molar-refractivity contribution is 0.0615. The van der Waals surface area contributed by atoms with E-state index in [0.717, 1.165) is 29.3 Å². The molecule has 1 fully saturated rings. The van der Waals surface area contributed by atoms with Gasteiger partial charge in [-0.2, -0.15) is 0 Å². The van der Waals surface area contributed by atoms with Crippen LogP contribution in [0.15, 0.2) is 42.6 Å². The van der Waals surface area contributed by atoms with E-state index in [4.69, 9.17) is 9.47 Å². The quantitative estimate of drug-likeness (QED) is 0.713. The summed E-state index contributed by atoms with van der Waals surface area (Å²) >= 11 is 0. The fraction of sp³-hybridized carbons (Fsp3) is 0.522. The van der Waals surface area contributed by atoms with Crippen molar-refractivity contribution in [1.82, 2.24) is 9.88 Å². The number of pyridine rings is 1. The van der Waals surface area contributed by atoms with Gasteiger partial charge in [0.25, 0.3) is 0 Å². The summed E-state index contributed by atoms with van der Waals surface area (Å²) in [5.74, 6) is 1.61. The smallest absolute Gasteiger partial charge is 0.123 e. The van der Waals surface area contributed by atoms with E-state index in [1.807, 2.05) is 42.6 Å². The van der Waals surface area contributed by atoms with E-state index in [0.29, 0.717) is 12.6 Å². The predicted octanol–water partition coefficient (Wildman–Crippen LogP) is 3.79. The van der Waals surface area contributed by atoms with Crippen LogP contribution in [0.5, 0.6) is 11.5 Å². The molecule has 1 heterocycles. The van der Waals surface area contributed by atoms with E-state index in [2.05, 4.69) is 30.7 Å². The van der Waals surface area contributed by atoms with E-state index >= 15 is 0 Å². The summed E-state index contributed by atoms with van der Waals surface area (Å²) in [5.41, 5.74) is 2.03. The molecule has 28 heavy (non-hydrogen) atoms. The van der Waals surface area contributed by atoms with Gasteiger partial charge in [0.2, 0.25) is 0 Å². The highest BCUT2D eigenvalue weighted by Crippen LogP contribution is 2.34. The molecule has 0 aliphatic heterocycles. The van der Waals surface area contributed by atoms with Crippen molar-refractivity contribution in [2.75, 3.05) is 20.3 Å². The van der Waals surface area contributed by atoms with Crippen molar-refractivity contribution < 1.29 is 14.6 Å². The molecule has 2 aromatic rings. The molecule has 5 heteroatoms. The van der Waals surface area contributed by atoms with E-state index in [1.54, 1.807) is 7.11 Å². The highest BCUT2D eigenvalue weighted by atomic mass is 16.5. The first-order valence-electron chi connectivity index (χ1n) is 10.00. The van der Waals surface area contributed by atoms with Crippen molar-refractivity contribution in [2.45, 2.75) is 57.7 Å². The van der Waals surface area contributed by atoms with Gasteiger partial charge >= 0.3 is 0 Å². The SMILES string of the molecule is COc1ccc(OC[C@H](O)CN(Cc2ccccn2)C2CC2)c(C(C)(C)C)c1. The summed E-state index contributed by atoms with van der Waals surface area (Å²) < 4.78 is 11.4. The lowest BCUT2D eigenvalue weighted by Gasteiger charge is -2.26. The summed E-state index contributed by atoms with van der Waals surface area (Å²) in [6.45, 7) is 8.05. The van der Waals surface area contributed by atoms with Crippen LogP contribution in [0.1, 0.15) is 44.9 Å². The third-order valence-corrected chi connectivity index (χ3v) is 5.03. The average molecular weight is 385 g/mol. The number of aliphatic hydroxyl groups is 1. The first-order valence-corrected chi connectivity index (χ1v) is 10.00. The average Bonchev–Trinajstić information content (AvgIpc) is 3.51. The van der Waals surface area contributed by atoms with Gasteiger partial charge in [0.15, 0.2) is 0 Å². The van der Waals surface area contributed by atoms with Crippen molar-refractivity contribution in [3.63, 3.8) is 0 Å². The van der Waals surface area contributed by atoms with Gasteiger partial charge in [-0.05, 0) is 48.6 Å². The minimum atomic E-state index is -0.556. The van der Waals surface area contributed by atoms with Crippen molar-refractivity contribution in [3.05, 3.63) is 53.9 Å². The van der Waals surface area contributed by atoms with E-state index in [9.17, 15) is 5.11 Å². The monoisotopic (exact) mass is 384 g/mol. The molecule has 5 nitrogen and oxygen atoms in total. The van der Waals surface area contributed by atoms with Crippen LogP contribution in [-0.4, -0.2) is 47.4 Å². The van der Waals surface area contributed by atoms with Crippen LogP contribution in [-0.2, 0) is 12.0 Å². The molecule has 0 spiro atoms. The van der Waals surface area contributed by atoms with Gasteiger partial charge in [0.05, 0.1) is 12.8 Å². The Balaban J connectivity index is 1.61. The van der Waals surface area contributed by atoms with E-state index in [-0.39, 0.29) is 12.0 Å². The van der Waals surface area contributed by atoms with Gasteiger partial charge in [0.1, 0.15) is 24.2 Å². The van der Waals surface area contributed by atoms with Gasteiger partial charge in [-0.15, -0.1) is 0 Å². The molecule has 1 aliphatic carbocycles. The number of methoxy groups -OCH3 is 1. The van der Waals surface area contributed by atoms with Crippen LogP contribution < -0.4 is 9.47 Å². The summed E-state index contributed by atoms with van der Waals surface area (Å²) in [7, 11) is 1.67. The van der Waals surface area contributed by atoms with E-state index in [1.165, 1.54) is 12.8 Å². The van der Waals surface area contributed by atoms with Crippen LogP contribution in [0.3, 0.4) is 0 Å². The molecule has 1 aromatic heterocycles. The van der Waals surface area contributed by atoms with Gasteiger partial charge in [-0.1, -0.05) is 26.8 Å². The summed E-state index contributed by atoms with van der Waals surface area (Å²) in [6, 6.07) is 12.3. The largest absolute Gasteiger partial charge is 0.497 e. The van der Waals surface area contributed by atoms with Crippen LogP contribution in [0.25, 0.3) is 0 Å². The lowest BCUT2D eigenvalue weighted by atomic mass is 9.86. The maximum absolute atomic E-state index is 10.6. The zero-order chi connectivity index (χ0) is 20.1. The minimum absolute atomic E-state index is 0.0755. The maximum Gasteiger partial charge on any atom is 0.123 e. The minimum Gasteiger partial charge on any atom is -0.497 e. The number of ether oxygens (including phenoxy) is 2. The molecule has 152 valence electrons. The van der Waals surface area contributed by atoms with Crippen molar-refractivity contribution in [1.29, 1.82) is 0 Å². The van der Waals surface area contributed by atoms with E-state index < -0.39 is 6.10 Å². The topological polar surface area (TPSA) is 54.8 Å². The number of nitrogens with zero attached hydrogens (tertiary/aromatic N) is 2. The molecule has 1 N–H and O–H groups in total. The fourth-order valence-corrected chi connectivity index (χ4v) is 3.34. The number of hydrogen-bond donors (Lipinski definition) is 1. The third-order valence-electron chi connectivity index (χ3n) is 5.03. The zero-order valence-electron chi connectivity index (χ0n) is 17.4. The molecule has 3 rings (SSSR count). The molecule has 1 aromatic carbocycles. The number of aliphatic hydroxyl groups excluding tert-OH is 1. The Hall–Kier alpha value is -2.11. The second kappa shape index (κ2) is 8.93. The molecule has 0 saturated heterocycles. The lowest BCUT2D eigenvalue weighted by Crippen LogP contribution is -2.37. The first-order chi connectivity index (χ1) is 13.4. The third kappa shape index (κ3) is 5.69. The highest BCUT2D eigenvalue weighted by molar-refractivity contribution is 5.44. The van der Waals surface area contributed by atoms with Crippen LogP contribution >= 0.6 is 0 Å². The van der Waals surface area contributed by atoms with Gasteiger partial charge in [0, 0.05) is 30.9 Å². The number of rotatable bonds is 9. The van der Waals surface area contributed by atoms with Crippen molar-refractivity contribution in [2.24, 2.45) is 0 Å². The Morgan fingerprint density at radius 1 is 1.21 bits per heavy atom. The Labute approximate surface area is 168 Å². The van der Waals surface area contributed by atoms with Crippen molar-refractivity contribution >= 4 is 0 Å². The summed E-state index contributed by atoms with van der Waals surface area (Å²) in [4.78, 5) is 6.73. The predicted molar refractivity (Wildman–Crippen MR) is 111 cm³/mol. The molecule has 0 unspecified atom stereocenters. The normalized spacial score (nSPS) is 15.5. The molecule has 1 saturated carbocycles. The van der Waals surface area contributed by atoms with Crippen LogP contribution in [0.2, 0.25) is 0 Å². The second-order valence-electron chi connectivity index (χ2n) is 8.56. The Kier molecular flexibility index (Phi) is 6.57. The second-order valence-corrected chi connectivity index (χ2v) is 8.56. The Bertz CT molecular complexity index is 754. The number of aromatic nitrogens is 1. The van der Waals surface area contributed by atoms with Gasteiger partial charge in [-0.25, -0.2) is 0 Å². The van der Waals surface area contributed by atoms with Crippen LogP contribution in [0.4, 0.5) is 0 Å². The maximum atomic E-state index is 10.6. The van der Waals surface area contributed by atoms with Gasteiger partial charge < -0.3 is 14.6 Å². The molecule has 1 atom stereocenters. The molecular formula is C23H32N2O3. The first kappa shape index (κ1) is 20.6. The Morgan fingerprint density at radius 2 is 2.00 bits per heavy atom. The molecule has 0 radical (unpaired) electrons. The summed E-state index contributed by atoms with van der Waals surface area (Å²) in [6.07, 6.45) is 3.64. The summed E-state index contributed by atoms with van der Waals surface area (Å²) in [5, 5.41) is 10.6. The molecular weight excluding hydrogens is 352 g/mol. The zero-order valence-corrected chi connectivity index (χ0v) is 17.4. The fourth-order valence-electron chi connectivity index (χ4n) is 3.34. The Morgan fingerprint density at radius 3 is 2.61 bits per heavy atom. The van der Waals surface area contributed by atoms with Crippen molar-refractivity contribution in [3.8, 4) is 11.5 Å². The van der Waals surface area contributed by atoms with Gasteiger partial charge in [-0.3, -0.25) is 9.88 Å². The standard InChI is InChI=1S/C23H32N2O3/c1-23(2,3)21-13-20(27-4)10-11-22(21)28-16-19(26)15-25(18-8-9-18)14-17-7-5-6-12-24-17/h5-7,10-13,18-19,26H,8-9,14-16H2,1-4H3/t19-/m1/s1. The number of hydrogen-bond acceptors (Lipinski definition) is 5. The molecule has 0 amide bonds. The highest BCUT2D eigenvalue weighted by Gasteiger charge is 2.30. The molecule has 1 aliphatic rings.